The molecule has 1 aromatic carbocycles. The highest BCUT2D eigenvalue weighted by Gasteiger charge is 2.53. The van der Waals surface area contributed by atoms with E-state index in [0.29, 0.717) is 5.92 Å². The van der Waals surface area contributed by atoms with Crippen LogP contribution in [0.2, 0.25) is 0 Å². The number of nitrogens with zero attached hydrogens (tertiary/aromatic N) is 5. The molecule has 6 heteroatoms. The zero-order valence-corrected chi connectivity index (χ0v) is 18.1. The fourth-order valence-corrected chi connectivity index (χ4v) is 5.41. The van der Waals surface area contributed by atoms with Gasteiger partial charge in [-0.25, -0.2) is 0 Å². The van der Waals surface area contributed by atoms with Gasteiger partial charge >= 0.3 is 0 Å². The second kappa shape index (κ2) is 7.92. The van der Waals surface area contributed by atoms with Crippen LogP contribution >= 0.6 is 0 Å². The Kier molecular flexibility index (Phi) is 5.49. The molecule has 0 bridgehead atoms. The maximum absolute atomic E-state index is 13.3. The van der Waals surface area contributed by atoms with Gasteiger partial charge in [-0.2, -0.15) is 5.10 Å². The zero-order chi connectivity index (χ0) is 20.6. The highest BCUT2D eigenvalue weighted by Crippen LogP contribution is 2.43. The van der Waals surface area contributed by atoms with Crippen LogP contribution in [0.1, 0.15) is 28.5 Å². The highest BCUT2D eigenvalue weighted by atomic mass is 16.2. The number of carbonyl (C=O) groups is 1. The highest BCUT2D eigenvalue weighted by molar-refractivity contribution is 5.95. The third-order valence-electron chi connectivity index (χ3n) is 6.63. The monoisotopic (exact) mass is 395 g/mol. The molecule has 2 aliphatic rings. The quantitative estimate of drug-likeness (QED) is 0.753. The van der Waals surface area contributed by atoms with Crippen LogP contribution in [0.3, 0.4) is 0 Å². The van der Waals surface area contributed by atoms with Crippen LogP contribution < -0.4 is 0 Å². The van der Waals surface area contributed by atoms with Crippen LogP contribution in [0, 0.1) is 18.3 Å². The van der Waals surface area contributed by atoms with Gasteiger partial charge in [-0.05, 0) is 39.4 Å². The van der Waals surface area contributed by atoms with Crippen molar-refractivity contribution in [3.8, 4) is 0 Å². The van der Waals surface area contributed by atoms with Crippen LogP contribution in [0.4, 0.5) is 0 Å². The first-order valence-corrected chi connectivity index (χ1v) is 10.6. The van der Waals surface area contributed by atoms with E-state index in [0.717, 1.165) is 57.1 Å². The first-order chi connectivity index (χ1) is 13.9. The van der Waals surface area contributed by atoms with Gasteiger partial charge in [-0.3, -0.25) is 14.4 Å². The summed E-state index contributed by atoms with van der Waals surface area (Å²) in [7, 11) is 4.29. The van der Waals surface area contributed by atoms with Crippen LogP contribution in [0.15, 0.2) is 36.5 Å². The van der Waals surface area contributed by atoms with Crippen molar-refractivity contribution in [1.29, 1.82) is 0 Å². The summed E-state index contributed by atoms with van der Waals surface area (Å²) in [4.78, 5) is 20.2. The molecular weight excluding hydrogens is 362 g/mol. The van der Waals surface area contributed by atoms with Crippen LogP contribution in [0.25, 0.3) is 0 Å². The number of hydrogen-bond donors (Lipinski definition) is 0. The van der Waals surface area contributed by atoms with E-state index >= 15 is 0 Å². The van der Waals surface area contributed by atoms with E-state index in [1.165, 1.54) is 5.56 Å². The standard InChI is InChI=1S/C23H33N5O/c1-5-28-18(2)21(11-24-28)22(29)27-14-20-13-26(12-19-9-7-6-8-10-19)16-23(20,17-27)15-25(3)4/h6-11,20H,5,12-17H2,1-4H3/t20-,23+/m1/s1. The van der Waals surface area contributed by atoms with Crippen molar-refractivity contribution in [2.45, 2.75) is 26.9 Å². The van der Waals surface area contributed by atoms with Gasteiger partial charge in [0.25, 0.3) is 5.91 Å². The van der Waals surface area contributed by atoms with E-state index in [1.807, 2.05) is 11.6 Å². The molecule has 0 unspecified atom stereocenters. The molecule has 29 heavy (non-hydrogen) atoms. The maximum Gasteiger partial charge on any atom is 0.257 e. The largest absolute Gasteiger partial charge is 0.338 e. The number of aryl methyl sites for hydroxylation is 1. The minimum Gasteiger partial charge on any atom is -0.338 e. The van der Waals surface area contributed by atoms with Crippen molar-refractivity contribution in [2.75, 3.05) is 46.8 Å². The Morgan fingerprint density at radius 1 is 1.21 bits per heavy atom. The van der Waals surface area contributed by atoms with Gasteiger partial charge in [0.2, 0.25) is 0 Å². The minimum atomic E-state index is 0.141. The minimum absolute atomic E-state index is 0.141. The Morgan fingerprint density at radius 3 is 2.62 bits per heavy atom. The molecule has 4 rings (SSSR count). The molecule has 0 radical (unpaired) electrons. The lowest BCUT2D eigenvalue weighted by Crippen LogP contribution is -2.42. The van der Waals surface area contributed by atoms with Gasteiger partial charge in [0, 0.05) is 56.9 Å². The normalized spacial score (nSPS) is 24.4. The van der Waals surface area contributed by atoms with Crippen molar-refractivity contribution in [1.82, 2.24) is 24.5 Å². The summed E-state index contributed by atoms with van der Waals surface area (Å²) in [5.74, 6) is 0.656. The van der Waals surface area contributed by atoms with Crippen LogP contribution in [0.5, 0.6) is 0 Å². The van der Waals surface area contributed by atoms with E-state index in [-0.39, 0.29) is 11.3 Å². The lowest BCUT2D eigenvalue weighted by Gasteiger charge is -2.32. The number of benzene rings is 1. The Labute approximate surface area is 174 Å². The van der Waals surface area contributed by atoms with Crippen molar-refractivity contribution in [3.05, 3.63) is 53.3 Å². The van der Waals surface area contributed by atoms with Gasteiger partial charge in [0.05, 0.1) is 11.8 Å². The molecule has 0 N–H and O–H groups in total. The fourth-order valence-electron chi connectivity index (χ4n) is 5.41. The molecule has 1 aromatic heterocycles. The molecule has 156 valence electrons. The fraction of sp³-hybridized carbons (Fsp3) is 0.565. The molecule has 2 aliphatic heterocycles. The molecule has 2 fully saturated rings. The molecule has 2 saturated heterocycles. The van der Waals surface area contributed by atoms with Crippen LogP contribution in [-0.2, 0) is 13.1 Å². The third kappa shape index (κ3) is 3.83. The Balaban J connectivity index is 1.51. The zero-order valence-electron chi connectivity index (χ0n) is 18.1. The summed E-state index contributed by atoms with van der Waals surface area (Å²) in [5, 5.41) is 4.38. The number of hydrogen-bond acceptors (Lipinski definition) is 4. The van der Waals surface area contributed by atoms with E-state index in [9.17, 15) is 4.79 Å². The predicted molar refractivity (Wildman–Crippen MR) is 115 cm³/mol. The van der Waals surface area contributed by atoms with Gasteiger partial charge in [-0.15, -0.1) is 0 Å². The van der Waals surface area contributed by atoms with Crippen molar-refractivity contribution in [2.24, 2.45) is 11.3 Å². The van der Waals surface area contributed by atoms with Gasteiger partial charge < -0.3 is 9.80 Å². The second-order valence-electron chi connectivity index (χ2n) is 9.10. The van der Waals surface area contributed by atoms with Crippen molar-refractivity contribution < 1.29 is 4.79 Å². The van der Waals surface area contributed by atoms with Gasteiger partial charge in [-0.1, -0.05) is 30.3 Å². The number of fused-ring (bicyclic) bond motifs is 1. The lowest BCUT2D eigenvalue weighted by atomic mass is 9.80. The summed E-state index contributed by atoms with van der Waals surface area (Å²) in [6.45, 7) is 10.6. The smallest absolute Gasteiger partial charge is 0.257 e. The predicted octanol–water partition coefficient (Wildman–Crippen LogP) is 2.35. The topological polar surface area (TPSA) is 44.6 Å². The first kappa shape index (κ1) is 20.1. The molecule has 3 heterocycles. The Morgan fingerprint density at radius 2 is 1.97 bits per heavy atom. The average Bonchev–Trinajstić information content (AvgIpc) is 3.31. The van der Waals surface area contributed by atoms with Crippen molar-refractivity contribution in [3.63, 3.8) is 0 Å². The Hall–Kier alpha value is -2.18. The summed E-state index contributed by atoms with van der Waals surface area (Å²) in [6.07, 6.45) is 1.75. The van der Waals surface area contributed by atoms with Crippen molar-refractivity contribution >= 4 is 5.91 Å². The second-order valence-corrected chi connectivity index (χ2v) is 9.10. The third-order valence-corrected chi connectivity index (χ3v) is 6.63. The van der Waals surface area contributed by atoms with E-state index in [1.54, 1.807) is 6.20 Å². The molecule has 0 spiro atoms. The number of amides is 1. The lowest BCUT2D eigenvalue weighted by molar-refractivity contribution is 0.0747. The number of rotatable bonds is 6. The summed E-state index contributed by atoms with van der Waals surface area (Å²) in [6, 6.07) is 10.7. The number of aromatic nitrogens is 2. The van der Waals surface area contributed by atoms with E-state index in [4.69, 9.17) is 0 Å². The van der Waals surface area contributed by atoms with E-state index < -0.39 is 0 Å². The summed E-state index contributed by atoms with van der Waals surface area (Å²) >= 11 is 0. The van der Waals surface area contributed by atoms with Crippen LogP contribution in [-0.4, -0.2) is 77.2 Å². The van der Waals surface area contributed by atoms with Gasteiger partial charge in [0.1, 0.15) is 0 Å². The molecule has 0 aliphatic carbocycles. The molecule has 2 aromatic rings. The summed E-state index contributed by atoms with van der Waals surface area (Å²) in [5.41, 5.74) is 3.24. The number of carbonyl (C=O) groups excluding carboxylic acids is 1. The average molecular weight is 396 g/mol. The summed E-state index contributed by atoms with van der Waals surface area (Å²) < 4.78 is 1.90. The SMILES string of the molecule is CCn1ncc(C(=O)N2C[C@H]3CN(Cc4ccccc4)C[C@@]3(CN(C)C)C2)c1C. The maximum atomic E-state index is 13.3. The Bertz CT molecular complexity index is 861. The molecule has 0 saturated carbocycles. The van der Waals surface area contributed by atoms with Gasteiger partial charge in [0.15, 0.2) is 0 Å². The van der Waals surface area contributed by atoms with E-state index in [2.05, 4.69) is 71.1 Å². The molecule has 1 amide bonds. The molecule has 6 nitrogen and oxygen atoms in total. The first-order valence-electron chi connectivity index (χ1n) is 10.6. The molecule has 2 atom stereocenters. The molecular formula is C23H33N5O. The number of likely N-dealkylation sites (tertiary alicyclic amines) is 2.